The molecule has 2 N–H and O–H groups in total. The molecule has 0 aromatic carbocycles. The van der Waals surface area contributed by atoms with Crippen LogP contribution in [0.5, 0.6) is 0 Å². The summed E-state index contributed by atoms with van der Waals surface area (Å²) in [4.78, 5) is 20.7. The van der Waals surface area contributed by atoms with Crippen molar-refractivity contribution >= 4 is 35.8 Å². The average Bonchev–Trinajstić information content (AvgIpc) is 2.51. The summed E-state index contributed by atoms with van der Waals surface area (Å²) >= 11 is 0. The fourth-order valence-electron chi connectivity index (χ4n) is 2.29. The molecule has 1 rings (SSSR count). The van der Waals surface area contributed by atoms with E-state index in [1.165, 1.54) is 0 Å². The Morgan fingerprint density at radius 1 is 1.22 bits per heavy atom. The monoisotopic (exact) mass is 440 g/mol. The molecule has 0 bridgehead atoms. The van der Waals surface area contributed by atoms with Gasteiger partial charge in [-0.3, -0.25) is 9.79 Å². The van der Waals surface area contributed by atoms with Crippen LogP contribution in [0.25, 0.3) is 0 Å². The fourth-order valence-corrected chi connectivity index (χ4v) is 2.29. The lowest BCUT2D eigenvalue weighted by Gasteiger charge is -2.37. The van der Waals surface area contributed by atoms with Crippen molar-refractivity contribution in [3.63, 3.8) is 0 Å². The fraction of sp³-hybridized carbons (Fsp3) is 0.875. The summed E-state index contributed by atoms with van der Waals surface area (Å²) in [5.41, 5.74) is -0.768. The molecule has 1 unspecified atom stereocenters. The van der Waals surface area contributed by atoms with Crippen molar-refractivity contribution in [1.29, 1.82) is 0 Å². The van der Waals surface area contributed by atoms with Crippen molar-refractivity contribution in [2.45, 2.75) is 46.6 Å². The third kappa shape index (κ3) is 7.24. The number of rotatable bonds is 5. The highest BCUT2D eigenvalue weighted by Gasteiger charge is 2.25. The number of hydrogen-bond donors (Lipinski definition) is 2. The summed E-state index contributed by atoms with van der Waals surface area (Å²) < 4.78 is 0. The lowest BCUT2D eigenvalue weighted by atomic mass is 10.1. The summed E-state index contributed by atoms with van der Waals surface area (Å²) in [5, 5.41) is 13.4. The van der Waals surface area contributed by atoms with Crippen LogP contribution in [0, 0.1) is 5.92 Å². The zero-order chi connectivity index (χ0) is 16.8. The number of carbonyl (C=O) groups is 1. The molecule has 23 heavy (non-hydrogen) atoms. The number of piperazine rings is 1. The standard InChI is InChI=1S/C16H32N4O2.HI/c1-6-16(5,22)12-18-15(17-7-2)20-10-8-19(9-11-20)14(21)13(3)4;/h13,22H,6-12H2,1-5H3,(H,17,18);1H. The minimum absolute atomic E-state index is 0. The Labute approximate surface area is 157 Å². The van der Waals surface area contributed by atoms with E-state index in [4.69, 9.17) is 0 Å². The summed E-state index contributed by atoms with van der Waals surface area (Å²) in [6.07, 6.45) is 0.673. The van der Waals surface area contributed by atoms with Crippen LogP contribution in [0.1, 0.15) is 41.0 Å². The van der Waals surface area contributed by atoms with E-state index in [0.717, 1.165) is 38.7 Å². The van der Waals surface area contributed by atoms with Gasteiger partial charge in [0.1, 0.15) is 0 Å². The Bertz CT molecular complexity index is 392. The second-order valence-corrected chi connectivity index (χ2v) is 6.49. The van der Waals surface area contributed by atoms with Crippen molar-refractivity contribution in [2.75, 3.05) is 39.3 Å². The minimum Gasteiger partial charge on any atom is -0.388 e. The zero-order valence-electron chi connectivity index (χ0n) is 15.1. The third-order valence-electron chi connectivity index (χ3n) is 4.05. The highest BCUT2D eigenvalue weighted by Crippen LogP contribution is 2.10. The molecule has 1 saturated heterocycles. The van der Waals surface area contributed by atoms with Crippen LogP contribution >= 0.6 is 24.0 Å². The zero-order valence-corrected chi connectivity index (χ0v) is 17.5. The Hall–Kier alpha value is -0.570. The van der Waals surface area contributed by atoms with E-state index in [9.17, 15) is 9.90 Å². The molecule has 0 radical (unpaired) electrons. The summed E-state index contributed by atoms with van der Waals surface area (Å²) in [5.74, 6) is 1.09. The van der Waals surface area contributed by atoms with Gasteiger partial charge in [-0.1, -0.05) is 20.8 Å². The van der Waals surface area contributed by atoms with E-state index in [1.54, 1.807) is 6.92 Å². The third-order valence-corrected chi connectivity index (χ3v) is 4.05. The molecule has 6 nitrogen and oxygen atoms in total. The van der Waals surface area contributed by atoms with E-state index >= 15 is 0 Å². The van der Waals surface area contributed by atoms with E-state index in [2.05, 4.69) is 15.2 Å². The van der Waals surface area contributed by atoms with E-state index in [0.29, 0.717) is 13.0 Å². The largest absolute Gasteiger partial charge is 0.388 e. The SMILES string of the molecule is CCNC(=NCC(C)(O)CC)N1CCN(C(=O)C(C)C)CC1.I. The van der Waals surface area contributed by atoms with Crippen molar-refractivity contribution in [3.8, 4) is 0 Å². The molecule has 1 fully saturated rings. The summed E-state index contributed by atoms with van der Waals surface area (Å²) in [6.45, 7) is 13.9. The number of nitrogens with one attached hydrogen (secondary N) is 1. The minimum atomic E-state index is -0.768. The number of aliphatic hydroxyl groups is 1. The predicted octanol–water partition coefficient (Wildman–Crippen LogP) is 1.53. The van der Waals surface area contributed by atoms with Crippen molar-refractivity contribution < 1.29 is 9.90 Å². The second-order valence-electron chi connectivity index (χ2n) is 6.49. The van der Waals surface area contributed by atoms with E-state index < -0.39 is 5.60 Å². The summed E-state index contributed by atoms with van der Waals surface area (Å²) in [7, 11) is 0. The highest BCUT2D eigenvalue weighted by molar-refractivity contribution is 14.0. The number of nitrogens with zero attached hydrogens (tertiary/aromatic N) is 3. The molecule has 136 valence electrons. The number of aliphatic imine (C=N–C) groups is 1. The Morgan fingerprint density at radius 3 is 2.17 bits per heavy atom. The number of hydrogen-bond acceptors (Lipinski definition) is 3. The predicted molar refractivity (Wildman–Crippen MR) is 105 cm³/mol. The van der Waals surface area contributed by atoms with E-state index in [-0.39, 0.29) is 35.8 Å². The molecule has 0 aliphatic carbocycles. The van der Waals surface area contributed by atoms with Crippen LogP contribution < -0.4 is 5.32 Å². The Kier molecular flexibility index (Phi) is 10.1. The molecule has 1 atom stereocenters. The molecular formula is C16H33IN4O2. The molecule has 1 amide bonds. The lowest BCUT2D eigenvalue weighted by molar-refractivity contribution is -0.135. The van der Waals surface area contributed by atoms with Crippen LogP contribution in [0.3, 0.4) is 0 Å². The molecule has 0 aromatic rings. The molecule has 7 heteroatoms. The van der Waals surface area contributed by atoms with Gasteiger partial charge < -0.3 is 20.2 Å². The van der Waals surface area contributed by atoms with Gasteiger partial charge in [0.05, 0.1) is 12.1 Å². The van der Waals surface area contributed by atoms with E-state index in [1.807, 2.05) is 32.6 Å². The first-order valence-electron chi connectivity index (χ1n) is 8.35. The molecule has 1 heterocycles. The van der Waals surface area contributed by atoms with Crippen LogP contribution in [0.15, 0.2) is 4.99 Å². The Balaban J connectivity index is 0.00000484. The van der Waals surface area contributed by atoms with Gasteiger partial charge in [0.25, 0.3) is 0 Å². The first-order chi connectivity index (χ1) is 10.3. The van der Waals surface area contributed by atoms with Gasteiger partial charge in [0.2, 0.25) is 5.91 Å². The number of carbonyl (C=O) groups excluding carboxylic acids is 1. The Morgan fingerprint density at radius 2 is 1.74 bits per heavy atom. The second kappa shape index (κ2) is 10.3. The van der Waals surface area contributed by atoms with Crippen LogP contribution in [-0.4, -0.2) is 71.6 Å². The van der Waals surface area contributed by atoms with Gasteiger partial charge in [0, 0.05) is 38.6 Å². The van der Waals surface area contributed by atoms with Gasteiger partial charge in [-0.05, 0) is 20.3 Å². The normalized spacial score (nSPS) is 18.5. The molecule has 1 aliphatic rings. The van der Waals surface area contributed by atoms with Gasteiger partial charge in [-0.2, -0.15) is 0 Å². The summed E-state index contributed by atoms with van der Waals surface area (Å²) in [6, 6.07) is 0. The number of guanidine groups is 1. The highest BCUT2D eigenvalue weighted by atomic mass is 127. The molecule has 0 aromatic heterocycles. The van der Waals surface area contributed by atoms with Gasteiger partial charge in [-0.25, -0.2) is 0 Å². The van der Waals surface area contributed by atoms with Crippen molar-refractivity contribution in [1.82, 2.24) is 15.1 Å². The quantitative estimate of drug-likeness (QED) is 0.387. The van der Waals surface area contributed by atoms with Gasteiger partial charge in [0.15, 0.2) is 5.96 Å². The maximum Gasteiger partial charge on any atom is 0.225 e. The maximum absolute atomic E-state index is 12.0. The first-order valence-corrected chi connectivity index (χ1v) is 8.35. The number of halogens is 1. The van der Waals surface area contributed by atoms with Crippen LogP contribution in [0.4, 0.5) is 0 Å². The topological polar surface area (TPSA) is 68.2 Å². The molecule has 0 saturated carbocycles. The van der Waals surface area contributed by atoms with Gasteiger partial charge in [-0.15, -0.1) is 24.0 Å². The maximum atomic E-state index is 12.0. The smallest absolute Gasteiger partial charge is 0.225 e. The van der Waals surface area contributed by atoms with Gasteiger partial charge >= 0.3 is 0 Å². The van der Waals surface area contributed by atoms with Crippen LogP contribution in [-0.2, 0) is 4.79 Å². The van der Waals surface area contributed by atoms with Crippen LogP contribution in [0.2, 0.25) is 0 Å². The van der Waals surface area contributed by atoms with Crippen molar-refractivity contribution in [3.05, 3.63) is 0 Å². The first kappa shape index (κ1) is 22.4. The number of amides is 1. The van der Waals surface area contributed by atoms with Crippen molar-refractivity contribution in [2.24, 2.45) is 10.9 Å². The molecule has 1 aliphatic heterocycles. The molecular weight excluding hydrogens is 407 g/mol. The molecule has 0 spiro atoms. The lowest BCUT2D eigenvalue weighted by Crippen LogP contribution is -2.54. The average molecular weight is 440 g/mol.